The third kappa shape index (κ3) is 3.20. The number of thioether (sulfide) groups is 1. The van der Waals surface area contributed by atoms with Gasteiger partial charge in [0.15, 0.2) is 5.17 Å². The Labute approximate surface area is 116 Å². The number of anilines is 1. The van der Waals surface area contributed by atoms with Crippen LogP contribution >= 0.6 is 11.8 Å². The van der Waals surface area contributed by atoms with Gasteiger partial charge in [-0.3, -0.25) is 0 Å². The molecule has 1 heterocycles. The third-order valence-corrected chi connectivity index (χ3v) is 4.55. The van der Waals surface area contributed by atoms with E-state index in [1.165, 1.54) is 24.9 Å². The monoisotopic (exact) mass is 302 g/mol. The Kier molecular flexibility index (Phi) is 4.33. The van der Waals surface area contributed by atoms with Crippen molar-refractivity contribution in [3.05, 3.63) is 18.2 Å². The van der Waals surface area contributed by atoms with E-state index < -0.39 is 10.0 Å². The van der Waals surface area contributed by atoms with E-state index in [9.17, 15) is 8.42 Å². The SMILES string of the molecule is CCOc1ccc2c(c1)S(=O)(=O)N=C(SCOC)N2. The summed E-state index contributed by atoms with van der Waals surface area (Å²) in [6, 6.07) is 4.86. The molecule has 0 aliphatic carbocycles. The fraction of sp³-hybridized carbons (Fsp3) is 0.364. The van der Waals surface area contributed by atoms with Crippen LogP contribution in [0.1, 0.15) is 6.92 Å². The summed E-state index contributed by atoms with van der Waals surface area (Å²) in [5, 5.41) is 3.26. The van der Waals surface area contributed by atoms with Gasteiger partial charge < -0.3 is 14.8 Å². The summed E-state index contributed by atoms with van der Waals surface area (Å²) in [6.07, 6.45) is 0. The molecule has 0 radical (unpaired) electrons. The Morgan fingerprint density at radius 2 is 2.21 bits per heavy atom. The minimum absolute atomic E-state index is 0.125. The van der Waals surface area contributed by atoms with Crippen LogP contribution in [0.2, 0.25) is 0 Å². The summed E-state index contributed by atoms with van der Waals surface area (Å²) in [4.78, 5) is 0.125. The number of methoxy groups -OCH3 is 1. The van der Waals surface area contributed by atoms with Crippen LogP contribution < -0.4 is 10.1 Å². The average molecular weight is 302 g/mol. The standard InChI is InChI=1S/C11H14N2O4S2/c1-3-17-8-4-5-9-10(6-8)19(14,15)13-11(12-9)18-7-16-2/h4-6H,3,7H2,1-2H3,(H,12,13). The number of nitrogens with zero attached hydrogens (tertiary/aromatic N) is 1. The van der Waals surface area contributed by atoms with Crippen LogP contribution in [0, 0.1) is 0 Å². The summed E-state index contributed by atoms with van der Waals surface area (Å²) >= 11 is 1.18. The molecule has 1 aliphatic rings. The highest BCUT2D eigenvalue weighted by Gasteiger charge is 2.25. The van der Waals surface area contributed by atoms with E-state index in [-0.39, 0.29) is 4.90 Å². The molecule has 1 aromatic carbocycles. The Balaban J connectivity index is 2.34. The number of amidine groups is 1. The summed E-state index contributed by atoms with van der Waals surface area (Å²) in [5.41, 5.74) is 0.497. The number of sulfonamides is 1. The minimum atomic E-state index is -3.69. The first-order valence-corrected chi connectivity index (χ1v) is 8.00. The lowest BCUT2D eigenvalue weighted by Gasteiger charge is -2.18. The van der Waals surface area contributed by atoms with Crippen molar-refractivity contribution >= 4 is 32.6 Å². The van der Waals surface area contributed by atoms with Crippen LogP contribution in [0.25, 0.3) is 0 Å². The molecule has 104 valence electrons. The molecule has 2 rings (SSSR count). The zero-order chi connectivity index (χ0) is 13.9. The molecule has 0 spiro atoms. The molecule has 0 saturated heterocycles. The van der Waals surface area contributed by atoms with Crippen molar-refractivity contribution in [1.82, 2.24) is 0 Å². The molecule has 0 amide bonds. The fourth-order valence-corrected chi connectivity index (χ4v) is 3.49. The van der Waals surface area contributed by atoms with Gasteiger partial charge in [0.1, 0.15) is 10.6 Å². The van der Waals surface area contributed by atoms with Gasteiger partial charge >= 0.3 is 0 Å². The summed E-state index contributed by atoms with van der Waals surface area (Å²) < 4.78 is 38.0. The van der Waals surface area contributed by atoms with Gasteiger partial charge in [-0.05, 0) is 19.1 Å². The number of ether oxygens (including phenoxy) is 2. The highest BCUT2D eigenvalue weighted by Crippen LogP contribution is 2.32. The van der Waals surface area contributed by atoms with E-state index >= 15 is 0 Å². The predicted molar refractivity (Wildman–Crippen MR) is 75.3 cm³/mol. The van der Waals surface area contributed by atoms with E-state index in [1.807, 2.05) is 6.92 Å². The molecule has 1 aromatic rings. The lowest BCUT2D eigenvalue weighted by atomic mass is 10.3. The number of nitrogens with one attached hydrogen (secondary N) is 1. The van der Waals surface area contributed by atoms with Crippen LogP contribution in [-0.2, 0) is 14.8 Å². The molecule has 1 N–H and O–H groups in total. The predicted octanol–water partition coefficient (Wildman–Crippen LogP) is 1.89. The van der Waals surface area contributed by atoms with Gasteiger partial charge in [-0.2, -0.15) is 8.42 Å². The molecule has 0 saturated carbocycles. The van der Waals surface area contributed by atoms with E-state index in [1.54, 1.807) is 12.1 Å². The number of benzene rings is 1. The van der Waals surface area contributed by atoms with Crippen molar-refractivity contribution in [2.45, 2.75) is 11.8 Å². The second-order valence-corrected chi connectivity index (χ2v) is 6.12. The maximum atomic E-state index is 12.1. The largest absolute Gasteiger partial charge is 0.494 e. The maximum Gasteiger partial charge on any atom is 0.286 e. The topological polar surface area (TPSA) is 77.0 Å². The van der Waals surface area contributed by atoms with Gasteiger partial charge in [-0.15, -0.1) is 4.40 Å². The third-order valence-electron chi connectivity index (χ3n) is 2.30. The van der Waals surface area contributed by atoms with Gasteiger partial charge in [-0.1, -0.05) is 11.8 Å². The Morgan fingerprint density at radius 1 is 1.42 bits per heavy atom. The first kappa shape index (κ1) is 14.2. The first-order chi connectivity index (χ1) is 9.06. The van der Waals surface area contributed by atoms with Crippen molar-refractivity contribution in [2.75, 3.05) is 25.0 Å². The highest BCUT2D eigenvalue weighted by molar-refractivity contribution is 8.14. The summed E-state index contributed by atoms with van der Waals surface area (Å²) in [6.45, 7) is 2.31. The lowest BCUT2D eigenvalue weighted by Crippen LogP contribution is -2.19. The molecule has 1 aliphatic heterocycles. The Bertz CT molecular complexity index is 599. The molecule has 19 heavy (non-hydrogen) atoms. The van der Waals surface area contributed by atoms with Crippen molar-refractivity contribution in [3.63, 3.8) is 0 Å². The van der Waals surface area contributed by atoms with Crippen molar-refractivity contribution in [1.29, 1.82) is 0 Å². The minimum Gasteiger partial charge on any atom is -0.494 e. The maximum absolute atomic E-state index is 12.1. The van der Waals surface area contributed by atoms with Gasteiger partial charge in [-0.25, -0.2) is 0 Å². The molecule has 0 atom stereocenters. The highest BCUT2D eigenvalue weighted by atomic mass is 32.2. The molecular formula is C11H14N2O4S2. The summed E-state index contributed by atoms with van der Waals surface area (Å²) in [7, 11) is -2.16. The second-order valence-electron chi connectivity index (χ2n) is 3.64. The van der Waals surface area contributed by atoms with Crippen molar-refractivity contribution in [3.8, 4) is 5.75 Å². The van der Waals surface area contributed by atoms with Crippen LogP contribution in [0.15, 0.2) is 27.5 Å². The van der Waals surface area contributed by atoms with Crippen LogP contribution in [0.4, 0.5) is 5.69 Å². The van der Waals surface area contributed by atoms with Crippen molar-refractivity contribution < 1.29 is 17.9 Å². The van der Waals surface area contributed by atoms with E-state index in [0.29, 0.717) is 29.2 Å². The zero-order valence-corrected chi connectivity index (χ0v) is 12.2. The zero-order valence-electron chi connectivity index (χ0n) is 10.5. The number of hydrogen-bond donors (Lipinski definition) is 1. The Morgan fingerprint density at radius 3 is 2.89 bits per heavy atom. The van der Waals surface area contributed by atoms with Crippen LogP contribution in [-0.4, -0.2) is 33.2 Å². The molecule has 0 aromatic heterocycles. The fourth-order valence-electron chi connectivity index (χ4n) is 1.55. The Hall–Kier alpha value is -1.25. The quantitative estimate of drug-likeness (QED) is 0.856. The number of hydrogen-bond acceptors (Lipinski definition) is 6. The molecule has 0 fully saturated rings. The lowest BCUT2D eigenvalue weighted by molar-refractivity contribution is 0.259. The van der Waals surface area contributed by atoms with Gasteiger partial charge in [0.2, 0.25) is 0 Å². The van der Waals surface area contributed by atoms with E-state index in [4.69, 9.17) is 9.47 Å². The molecular weight excluding hydrogens is 288 g/mol. The molecule has 6 nitrogen and oxygen atoms in total. The second kappa shape index (κ2) is 5.81. The number of fused-ring (bicyclic) bond motifs is 1. The first-order valence-electron chi connectivity index (χ1n) is 5.57. The van der Waals surface area contributed by atoms with E-state index in [2.05, 4.69) is 9.71 Å². The molecule has 0 unspecified atom stereocenters. The van der Waals surface area contributed by atoms with E-state index in [0.717, 1.165) is 0 Å². The molecule has 8 heteroatoms. The van der Waals surface area contributed by atoms with Gasteiger partial charge in [0.25, 0.3) is 10.0 Å². The van der Waals surface area contributed by atoms with Crippen LogP contribution in [0.5, 0.6) is 5.75 Å². The average Bonchev–Trinajstić information content (AvgIpc) is 2.37. The van der Waals surface area contributed by atoms with Crippen molar-refractivity contribution in [2.24, 2.45) is 4.40 Å². The molecule has 0 bridgehead atoms. The van der Waals surface area contributed by atoms with Gasteiger partial charge in [0.05, 0.1) is 18.2 Å². The smallest absolute Gasteiger partial charge is 0.286 e. The number of rotatable bonds is 4. The van der Waals surface area contributed by atoms with Crippen LogP contribution in [0.3, 0.4) is 0 Å². The van der Waals surface area contributed by atoms with Gasteiger partial charge in [0, 0.05) is 13.2 Å². The normalized spacial score (nSPS) is 16.2. The summed E-state index contributed by atoms with van der Waals surface area (Å²) in [5.74, 6) is 0.836.